The van der Waals surface area contributed by atoms with Gasteiger partial charge in [0.1, 0.15) is 11.9 Å². The zero-order chi connectivity index (χ0) is 11.0. The average molecular weight is 216 g/mol. The van der Waals surface area contributed by atoms with Crippen LogP contribution in [0.1, 0.15) is 12.0 Å². The first-order chi connectivity index (χ1) is 7.84. The van der Waals surface area contributed by atoms with Crippen LogP contribution >= 0.6 is 0 Å². The highest BCUT2D eigenvalue weighted by Crippen LogP contribution is 2.29. The predicted octanol–water partition coefficient (Wildman–Crippen LogP) is 2.22. The molecular weight excluding hydrogens is 200 g/mol. The summed E-state index contributed by atoms with van der Waals surface area (Å²) < 4.78 is 6.05. The number of fused-ring (bicyclic) bond motifs is 1. The van der Waals surface area contributed by atoms with Crippen molar-refractivity contribution in [1.29, 1.82) is 0 Å². The Balaban J connectivity index is 1.98. The maximum atomic E-state index is 6.05. The van der Waals surface area contributed by atoms with Crippen LogP contribution in [0.25, 0.3) is 10.9 Å². The van der Waals surface area contributed by atoms with E-state index in [0.29, 0.717) is 6.10 Å². The van der Waals surface area contributed by atoms with E-state index < -0.39 is 0 Å². The van der Waals surface area contributed by atoms with E-state index in [1.54, 1.807) is 0 Å². The number of aromatic amines is 1. The summed E-state index contributed by atoms with van der Waals surface area (Å²) in [5.41, 5.74) is 2.40. The monoisotopic (exact) mass is 216 g/mol. The highest BCUT2D eigenvalue weighted by Gasteiger charge is 2.17. The third-order valence-corrected chi connectivity index (χ3v) is 3.17. The molecule has 1 aliphatic rings. The van der Waals surface area contributed by atoms with Crippen LogP contribution in [0.3, 0.4) is 0 Å². The number of nitrogens with one attached hydrogen (secondary N) is 2. The number of ether oxygens (including phenoxy) is 1. The Morgan fingerprint density at radius 2 is 2.31 bits per heavy atom. The number of hydrogen-bond acceptors (Lipinski definition) is 2. The van der Waals surface area contributed by atoms with Gasteiger partial charge in [0, 0.05) is 23.6 Å². The first-order valence-corrected chi connectivity index (χ1v) is 5.78. The van der Waals surface area contributed by atoms with Gasteiger partial charge in [0.15, 0.2) is 0 Å². The van der Waals surface area contributed by atoms with Crippen molar-refractivity contribution >= 4 is 10.9 Å². The number of benzene rings is 1. The fraction of sp³-hybridized carbons (Fsp3) is 0.385. The number of H-pyrrole nitrogens is 1. The lowest BCUT2D eigenvalue weighted by molar-refractivity contribution is 0.226. The Bertz CT molecular complexity index is 498. The number of hydrogen-bond donors (Lipinski definition) is 2. The molecule has 84 valence electrons. The molecule has 1 unspecified atom stereocenters. The number of aromatic nitrogens is 1. The molecule has 0 radical (unpaired) electrons. The lowest BCUT2D eigenvalue weighted by atomic mass is 10.1. The molecule has 3 rings (SSSR count). The lowest BCUT2D eigenvalue weighted by Gasteiger charge is -2.13. The molecule has 1 atom stereocenters. The highest BCUT2D eigenvalue weighted by molar-refractivity contribution is 5.89. The van der Waals surface area contributed by atoms with Gasteiger partial charge in [-0.3, -0.25) is 0 Å². The van der Waals surface area contributed by atoms with Crippen LogP contribution in [0.5, 0.6) is 5.75 Å². The second-order valence-corrected chi connectivity index (χ2v) is 4.38. The molecule has 2 N–H and O–H groups in total. The molecule has 16 heavy (non-hydrogen) atoms. The van der Waals surface area contributed by atoms with Crippen molar-refractivity contribution in [3.63, 3.8) is 0 Å². The summed E-state index contributed by atoms with van der Waals surface area (Å²) in [5.74, 6) is 1.00. The minimum atomic E-state index is 0.319. The molecule has 0 amide bonds. The van der Waals surface area contributed by atoms with Crippen molar-refractivity contribution < 1.29 is 4.74 Å². The molecule has 0 bridgehead atoms. The van der Waals surface area contributed by atoms with Gasteiger partial charge in [0.2, 0.25) is 0 Å². The quantitative estimate of drug-likeness (QED) is 0.807. The summed E-state index contributed by atoms with van der Waals surface area (Å²) in [7, 11) is 0. The summed E-state index contributed by atoms with van der Waals surface area (Å²) in [6.45, 7) is 4.13. The minimum Gasteiger partial charge on any atom is -0.488 e. The van der Waals surface area contributed by atoms with Crippen molar-refractivity contribution in [2.24, 2.45) is 0 Å². The third-order valence-electron chi connectivity index (χ3n) is 3.17. The van der Waals surface area contributed by atoms with E-state index in [4.69, 9.17) is 4.74 Å². The second-order valence-electron chi connectivity index (χ2n) is 4.38. The fourth-order valence-corrected chi connectivity index (χ4v) is 2.32. The van der Waals surface area contributed by atoms with Crippen LogP contribution in [-0.4, -0.2) is 24.2 Å². The van der Waals surface area contributed by atoms with Crippen molar-refractivity contribution in [2.45, 2.75) is 19.4 Å². The van der Waals surface area contributed by atoms with Gasteiger partial charge in [-0.2, -0.15) is 0 Å². The van der Waals surface area contributed by atoms with Crippen LogP contribution in [0.2, 0.25) is 0 Å². The van der Waals surface area contributed by atoms with Crippen LogP contribution in [-0.2, 0) is 0 Å². The Labute approximate surface area is 94.8 Å². The van der Waals surface area contributed by atoms with Crippen molar-refractivity contribution in [2.75, 3.05) is 13.1 Å². The SMILES string of the molecule is Cc1c[nH]c2cccc(OC3CCNC3)c12. The van der Waals surface area contributed by atoms with Gasteiger partial charge in [0.05, 0.1) is 0 Å². The first-order valence-electron chi connectivity index (χ1n) is 5.78. The molecule has 1 fully saturated rings. The van der Waals surface area contributed by atoms with Crippen molar-refractivity contribution in [1.82, 2.24) is 10.3 Å². The standard InChI is InChI=1S/C13H16N2O/c1-9-7-15-11-3-2-4-12(13(9)11)16-10-5-6-14-8-10/h2-4,7,10,14-15H,5-6,8H2,1H3. The smallest absolute Gasteiger partial charge is 0.129 e. The molecule has 1 aliphatic heterocycles. The Kier molecular flexibility index (Phi) is 2.33. The van der Waals surface area contributed by atoms with Gasteiger partial charge in [-0.1, -0.05) is 6.07 Å². The molecule has 0 aliphatic carbocycles. The van der Waals surface area contributed by atoms with Gasteiger partial charge < -0.3 is 15.0 Å². The average Bonchev–Trinajstić information content (AvgIpc) is 2.90. The van der Waals surface area contributed by atoms with Crippen molar-refractivity contribution in [3.05, 3.63) is 30.0 Å². The van der Waals surface area contributed by atoms with E-state index >= 15 is 0 Å². The summed E-state index contributed by atoms with van der Waals surface area (Å²) in [6, 6.07) is 6.18. The van der Waals surface area contributed by atoms with Gasteiger partial charge in [-0.05, 0) is 37.6 Å². The number of rotatable bonds is 2. The molecule has 0 saturated carbocycles. The molecule has 1 aromatic carbocycles. The summed E-state index contributed by atoms with van der Waals surface area (Å²) in [6.07, 6.45) is 3.45. The van der Waals surface area contributed by atoms with E-state index in [9.17, 15) is 0 Å². The molecule has 2 aromatic rings. The predicted molar refractivity (Wildman–Crippen MR) is 64.9 cm³/mol. The maximum Gasteiger partial charge on any atom is 0.129 e. The van der Waals surface area contributed by atoms with E-state index in [0.717, 1.165) is 30.8 Å². The van der Waals surface area contributed by atoms with Crippen molar-refractivity contribution in [3.8, 4) is 5.75 Å². The summed E-state index contributed by atoms with van der Waals surface area (Å²) >= 11 is 0. The largest absolute Gasteiger partial charge is 0.488 e. The molecular formula is C13H16N2O. The maximum absolute atomic E-state index is 6.05. The molecule has 1 saturated heterocycles. The Morgan fingerprint density at radius 1 is 1.38 bits per heavy atom. The Hall–Kier alpha value is -1.48. The van der Waals surface area contributed by atoms with Crippen LogP contribution in [0.4, 0.5) is 0 Å². The summed E-state index contributed by atoms with van der Waals surface area (Å²) in [5, 5.41) is 4.53. The lowest BCUT2D eigenvalue weighted by Crippen LogP contribution is -2.19. The second kappa shape index (κ2) is 3.83. The van der Waals surface area contributed by atoms with Crippen LogP contribution in [0.15, 0.2) is 24.4 Å². The van der Waals surface area contributed by atoms with E-state index in [1.165, 1.54) is 10.9 Å². The van der Waals surface area contributed by atoms with E-state index in [1.807, 2.05) is 12.3 Å². The summed E-state index contributed by atoms with van der Waals surface area (Å²) in [4.78, 5) is 3.26. The molecule has 3 heteroatoms. The first kappa shape index (κ1) is 9.73. The van der Waals surface area contributed by atoms with E-state index in [2.05, 4.69) is 29.4 Å². The minimum absolute atomic E-state index is 0.319. The van der Waals surface area contributed by atoms with Crippen LogP contribution in [0, 0.1) is 6.92 Å². The number of aryl methyl sites for hydroxylation is 1. The Morgan fingerprint density at radius 3 is 3.12 bits per heavy atom. The molecule has 3 nitrogen and oxygen atoms in total. The topological polar surface area (TPSA) is 37.0 Å². The van der Waals surface area contributed by atoms with Gasteiger partial charge in [-0.25, -0.2) is 0 Å². The normalized spacial score (nSPS) is 20.4. The molecule has 1 aromatic heterocycles. The van der Waals surface area contributed by atoms with Gasteiger partial charge >= 0.3 is 0 Å². The van der Waals surface area contributed by atoms with Crippen LogP contribution < -0.4 is 10.1 Å². The fourth-order valence-electron chi connectivity index (χ4n) is 2.32. The van der Waals surface area contributed by atoms with E-state index in [-0.39, 0.29) is 0 Å². The zero-order valence-corrected chi connectivity index (χ0v) is 9.42. The third kappa shape index (κ3) is 1.57. The zero-order valence-electron chi connectivity index (χ0n) is 9.42. The van der Waals surface area contributed by atoms with Gasteiger partial charge in [0.25, 0.3) is 0 Å². The molecule has 0 spiro atoms. The molecule has 2 heterocycles. The highest BCUT2D eigenvalue weighted by atomic mass is 16.5. The van der Waals surface area contributed by atoms with Gasteiger partial charge in [-0.15, -0.1) is 0 Å².